The van der Waals surface area contributed by atoms with Crippen LogP contribution in [0.2, 0.25) is 0 Å². The first-order valence-corrected chi connectivity index (χ1v) is 7.82. The summed E-state index contributed by atoms with van der Waals surface area (Å²) in [6.07, 6.45) is 4.90. The second-order valence-electron chi connectivity index (χ2n) is 4.79. The third kappa shape index (κ3) is 3.67. The molecule has 3 rings (SSSR count). The number of hydrogen-bond acceptors (Lipinski definition) is 5. The smallest absolute Gasteiger partial charge is 0.266 e. The zero-order valence-corrected chi connectivity index (χ0v) is 13.2. The predicted molar refractivity (Wildman–Crippen MR) is 91.6 cm³/mol. The molecular weight excluding hydrogens is 308 g/mol. The topological polar surface area (TPSA) is 67.2 Å². The predicted octanol–water partition coefficient (Wildman–Crippen LogP) is 3.28. The highest BCUT2D eigenvalue weighted by Gasteiger charge is 2.15. The van der Waals surface area contributed by atoms with E-state index < -0.39 is 0 Å². The molecule has 0 aliphatic carbocycles. The van der Waals surface area contributed by atoms with E-state index in [-0.39, 0.29) is 5.91 Å². The average molecular weight is 322 g/mol. The summed E-state index contributed by atoms with van der Waals surface area (Å²) >= 11 is 1.36. The van der Waals surface area contributed by atoms with Gasteiger partial charge in [0.15, 0.2) is 0 Å². The minimum atomic E-state index is -0.262. The fourth-order valence-corrected chi connectivity index (χ4v) is 2.94. The molecule has 0 saturated carbocycles. The number of pyridine rings is 1. The average Bonchev–Trinajstić information content (AvgIpc) is 2.98. The van der Waals surface area contributed by atoms with Crippen molar-refractivity contribution in [3.8, 4) is 10.6 Å². The van der Waals surface area contributed by atoms with E-state index in [0.717, 1.165) is 16.1 Å². The van der Waals surface area contributed by atoms with Crippen molar-refractivity contribution in [3.05, 3.63) is 71.0 Å². The number of amides is 1. The molecule has 2 heterocycles. The molecule has 2 aromatic heterocycles. The highest BCUT2D eigenvalue weighted by Crippen LogP contribution is 2.27. The third-order valence-corrected chi connectivity index (χ3v) is 4.29. The van der Waals surface area contributed by atoms with Crippen LogP contribution in [0.3, 0.4) is 0 Å². The normalized spacial score (nSPS) is 10.8. The standard InChI is InChI=1S/C17H14N4OS/c1-12-15(23-17(20-12)14-7-3-2-4-8-14)16(22)21-19-11-13-6-5-9-18-10-13/h2-11H,1H3,(H,21,22)/b19-11+. The Kier molecular flexibility index (Phi) is 4.54. The number of nitrogens with one attached hydrogen (secondary N) is 1. The van der Waals surface area contributed by atoms with Gasteiger partial charge < -0.3 is 0 Å². The molecule has 0 spiro atoms. The molecule has 3 aromatic rings. The van der Waals surface area contributed by atoms with E-state index >= 15 is 0 Å². The Bertz CT molecular complexity index is 828. The lowest BCUT2D eigenvalue weighted by Crippen LogP contribution is -2.17. The van der Waals surface area contributed by atoms with E-state index in [1.54, 1.807) is 18.6 Å². The second kappa shape index (κ2) is 6.93. The van der Waals surface area contributed by atoms with Crippen LogP contribution in [0.25, 0.3) is 10.6 Å². The molecule has 114 valence electrons. The molecule has 0 atom stereocenters. The summed E-state index contributed by atoms with van der Waals surface area (Å²) < 4.78 is 0. The first kappa shape index (κ1) is 15.1. The molecule has 0 unspecified atom stereocenters. The summed E-state index contributed by atoms with van der Waals surface area (Å²) in [4.78, 5) is 21.2. The lowest BCUT2D eigenvalue weighted by Gasteiger charge is -1.96. The number of thiazole rings is 1. The Morgan fingerprint density at radius 1 is 1.22 bits per heavy atom. The second-order valence-corrected chi connectivity index (χ2v) is 5.78. The number of hydrogen-bond donors (Lipinski definition) is 1. The van der Waals surface area contributed by atoms with E-state index in [9.17, 15) is 4.79 Å². The van der Waals surface area contributed by atoms with Crippen LogP contribution in [0.4, 0.5) is 0 Å². The first-order valence-electron chi connectivity index (χ1n) is 7.00. The Morgan fingerprint density at radius 3 is 2.78 bits per heavy atom. The maximum Gasteiger partial charge on any atom is 0.283 e. The number of nitrogens with zero attached hydrogens (tertiary/aromatic N) is 3. The summed E-state index contributed by atoms with van der Waals surface area (Å²) in [7, 11) is 0. The van der Waals surface area contributed by atoms with E-state index in [0.29, 0.717) is 10.6 Å². The van der Waals surface area contributed by atoms with Crippen molar-refractivity contribution in [2.45, 2.75) is 6.92 Å². The Balaban J connectivity index is 1.73. The molecule has 1 N–H and O–H groups in total. The summed E-state index contributed by atoms with van der Waals surface area (Å²) in [5.41, 5.74) is 5.04. The number of aryl methyl sites for hydroxylation is 1. The van der Waals surface area contributed by atoms with Crippen molar-refractivity contribution < 1.29 is 4.79 Å². The van der Waals surface area contributed by atoms with Gasteiger partial charge in [-0.2, -0.15) is 5.10 Å². The molecule has 0 aliphatic heterocycles. The van der Waals surface area contributed by atoms with E-state index in [4.69, 9.17) is 0 Å². The van der Waals surface area contributed by atoms with Crippen LogP contribution >= 0.6 is 11.3 Å². The number of hydrazone groups is 1. The largest absolute Gasteiger partial charge is 0.283 e. The molecule has 5 nitrogen and oxygen atoms in total. The van der Waals surface area contributed by atoms with Gasteiger partial charge in [0.05, 0.1) is 11.9 Å². The first-order chi connectivity index (χ1) is 11.2. The number of aromatic nitrogens is 2. The fraction of sp³-hybridized carbons (Fsp3) is 0.0588. The lowest BCUT2D eigenvalue weighted by atomic mass is 10.2. The van der Waals surface area contributed by atoms with Gasteiger partial charge in [0.2, 0.25) is 0 Å². The molecule has 0 fully saturated rings. The van der Waals surface area contributed by atoms with Crippen LogP contribution in [0.1, 0.15) is 20.9 Å². The van der Waals surface area contributed by atoms with Crippen molar-refractivity contribution in [2.24, 2.45) is 5.10 Å². The van der Waals surface area contributed by atoms with Crippen LogP contribution < -0.4 is 5.43 Å². The van der Waals surface area contributed by atoms with Crippen molar-refractivity contribution in [1.29, 1.82) is 0 Å². The number of carbonyl (C=O) groups excluding carboxylic acids is 1. The molecule has 23 heavy (non-hydrogen) atoms. The summed E-state index contributed by atoms with van der Waals surface area (Å²) in [6.45, 7) is 1.82. The Labute approximate surface area is 137 Å². The number of rotatable bonds is 4. The monoisotopic (exact) mass is 322 g/mol. The van der Waals surface area contributed by atoms with Crippen LogP contribution in [0.5, 0.6) is 0 Å². The van der Waals surface area contributed by atoms with Crippen molar-refractivity contribution in [3.63, 3.8) is 0 Å². The fourth-order valence-electron chi connectivity index (χ4n) is 1.98. The van der Waals surface area contributed by atoms with Gasteiger partial charge in [0.25, 0.3) is 5.91 Å². The van der Waals surface area contributed by atoms with Crippen LogP contribution in [-0.4, -0.2) is 22.1 Å². The minimum Gasteiger partial charge on any atom is -0.266 e. The van der Waals surface area contributed by atoms with Gasteiger partial charge in [0.1, 0.15) is 9.88 Å². The number of carbonyl (C=O) groups is 1. The molecular formula is C17H14N4OS. The van der Waals surface area contributed by atoms with Crippen molar-refractivity contribution in [2.75, 3.05) is 0 Å². The van der Waals surface area contributed by atoms with Crippen LogP contribution in [0, 0.1) is 6.92 Å². The van der Waals surface area contributed by atoms with Gasteiger partial charge in [0, 0.05) is 23.5 Å². The van der Waals surface area contributed by atoms with Gasteiger partial charge in [-0.15, -0.1) is 11.3 Å². The van der Waals surface area contributed by atoms with Crippen LogP contribution in [0.15, 0.2) is 60.0 Å². The summed E-state index contributed by atoms with van der Waals surface area (Å²) in [6, 6.07) is 13.5. The third-order valence-electron chi connectivity index (χ3n) is 3.09. The molecule has 1 amide bonds. The molecule has 1 aromatic carbocycles. The molecule has 0 radical (unpaired) electrons. The van der Waals surface area contributed by atoms with Gasteiger partial charge in [-0.05, 0) is 13.0 Å². The van der Waals surface area contributed by atoms with E-state index in [2.05, 4.69) is 20.5 Å². The molecule has 0 bridgehead atoms. The lowest BCUT2D eigenvalue weighted by molar-refractivity contribution is 0.0958. The molecule has 0 aliphatic rings. The molecule has 0 saturated heterocycles. The Morgan fingerprint density at radius 2 is 2.04 bits per heavy atom. The van der Waals surface area contributed by atoms with Crippen molar-refractivity contribution in [1.82, 2.24) is 15.4 Å². The van der Waals surface area contributed by atoms with E-state index in [1.165, 1.54) is 11.3 Å². The maximum absolute atomic E-state index is 12.2. The minimum absolute atomic E-state index is 0.262. The van der Waals surface area contributed by atoms with Gasteiger partial charge in [-0.25, -0.2) is 10.4 Å². The summed E-state index contributed by atoms with van der Waals surface area (Å²) in [5, 5.41) is 4.78. The maximum atomic E-state index is 12.2. The highest BCUT2D eigenvalue weighted by molar-refractivity contribution is 7.17. The SMILES string of the molecule is Cc1nc(-c2ccccc2)sc1C(=O)N/N=C/c1cccnc1. The van der Waals surface area contributed by atoms with E-state index in [1.807, 2.05) is 49.4 Å². The van der Waals surface area contributed by atoms with Crippen LogP contribution in [-0.2, 0) is 0 Å². The quantitative estimate of drug-likeness (QED) is 0.592. The van der Waals surface area contributed by atoms with Gasteiger partial charge in [-0.3, -0.25) is 9.78 Å². The highest BCUT2D eigenvalue weighted by atomic mass is 32.1. The zero-order chi connectivity index (χ0) is 16.1. The summed E-state index contributed by atoms with van der Waals surface area (Å²) in [5.74, 6) is -0.262. The van der Waals surface area contributed by atoms with Crippen molar-refractivity contribution >= 4 is 23.5 Å². The zero-order valence-electron chi connectivity index (χ0n) is 12.4. The number of benzene rings is 1. The van der Waals surface area contributed by atoms with Gasteiger partial charge in [-0.1, -0.05) is 36.4 Å². The molecule has 6 heteroatoms. The van der Waals surface area contributed by atoms with Gasteiger partial charge >= 0.3 is 0 Å². The Hall–Kier alpha value is -2.86.